The highest BCUT2D eigenvalue weighted by atomic mass is 32.2. The number of hydrogen-bond donors (Lipinski definition) is 3. The van der Waals surface area contributed by atoms with Gasteiger partial charge in [-0.25, -0.2) is 22.7 Å². The van der Waals surface area contributed by atoms with Crippen LogP contribution in [-0.2, 0) is 14.8 Å². The predicted molar refractivity (Wildman–Crippen MR) is 80.9 cm³/mol. The molecular formula is C11H21N3O5S2. The first kappa shape index (κ1) is 18.1. The Bertz CT molecular complexity index is 506. The summed E-state index contributed by atoms with van der Waals surface area (Å²) in [5, 5.41) is 11.7. The SMILES string of the molecule is CC(C)(CNC(=O)N1CCSCC1C(=O)O)NS(C)(=O)=O. The zero-order chi connectivity index (χ0) is 16.3. The molecule has 10 heteroatoms. The molecule has 1 heterocycles. The smallest absolute Gasteiger partial charge is 0.327 e. The van der Waals surface area contributed by atoms with Gasteiger partial charge in [-0.15, -0.1) is 0 Å². The molecule has 3 N–H and O–H groups in total. The van der Waals surface area contributed by atoms with Crippen LogP contribution in [0.3, 0.4) is 0 Å². The maximum absolute atomic E-state index is 12.1. The van der Waals surface area contributed by atoms with Gasteiger partial charge in [0.05, 0.1) is 6.26 Å². The van der Waals surface area contributed by atoms with Gasteiger partial charge < -0.3 is 15.3 Å². The minimum atomic E-state index is -3.39. The van der Waals surface area contributed by atoms with E-state index in [0.717, 1.165) is 6.26 Å². The van der Waals surface area contributed by atoms with Gasteiger partial charge in [0.25, 0.3) is 0 Å². The molecule has 122 valence electrons. The van der Waals surface area contributed by atoms with Crippen molar-refractivity contribution in [3.8, 4) is 0 Å². The van der Waals surface area contributed by atoms with E-state index in [0.29, 0.717) is 18.1 Å². The van der Waals surface area contributed by atoms with Crippen molar-refractivity contribution in [3.05, 3.63) is 0 Å². The highest BCUT2D eigenvalue weighted by molar-refractivity contribution is 7.99. The normalized spacial score (nSPS) is 20.1. The van der Waals surface area contributed by atoms with Gasteiger partial charge in [0, 0.05) is 30.1 Å². The highest BCUT2D eigenvalue weighted by Crippen LogP contribution is 2.17. The van der Waals surface area contributed by atoms with Crippen LogP contribution in [0.2, 0.25) is 0 Å². The fourth-order valence-electron chi connectivity index (χ4n) is 1.99. The topological polar surface area (TPSA) is 116 Å². The third kappa shape index (κ3) is 6.10. The van der Waals surface area contributed by atoms with Gasteiger partial charge in [0.15, 0.2) is 0 Å². The molecule has 21 heavy (non-hydrogen) atoms. The Morgan fingerprint density at radius 1 is 1.43 bits per heavy atom. The van der Waals surface area contributed by atoms with E-state index in [2.05, 4.69) is 10.0 Å². The Hall–Kier alpha value is -1.00. The molecule has 0 radical (unpaired) electrons. The average molecular weight is 339 g/mol. The van der Waals surface area contributed by atoms with Crippen LogP contribution in [0.1, 0.15) is 13.8 Å². The van der Waals surface area contributed by atoms with Crippen LogP contribution in [0.5, 0.6) is 0 Å². The van der Waals surface area contributed by atoms with E-state index in [9.17, 15) is 18.0 Å². The second kappa shape index (κ2) is 6.84. The van der Waals surface area contributed by atoms with Crippen LogP contribution >= 0.6 is 11.8 Å². The number of amides is 2. The summed E-state index contributed by atoms with van der Waals surface area (Å²) < 4.78 is 24.8. The van der Waals surface area contributed by atoms with Crippen molar-refractivity contribution in [1.29, 1.82) is 0 Å². The molecule has 0 aliphatic carbocycles. The lowest BCUT2D eigenvalue weighted by atomic mass is 10.1. The van der Waals surface area contributed by atoms with E-state index in [-0.39, 0.29) is 6.54 Å². The molecule has 0 aromatic rings. The van der Waals surface area contributed by atoms with Crippen molar-refractivity contribution < 1.29 is 23.1 Å². The summed E-state index contributed by atoms with van der Waals surface area (Å²) in [5.74, 6) is 0.00139. The number of hydrogen-bond acceptors (Lipinski definition) is 5. The van der Waals surface area contributed by atoms with Crippen molar-refractivity contribution in [2.45, 2.75) is 25.4 Å². The molecule has 0 bridgehead atoms. The average Bonchev–Trinajstić information content (AvgIpc) is 2.33. The van der Waals surface area contributed by atoms with Crippen molar-refractivity contribution in [3.63, 3.8) is 0 Å². The number of sulfonamides is 1. The second-order valence-corrected chi connectivity index (χ2v) is 8.44. The number of carboxylic acid groups (broad SMARTS) is 1. The van der Waals surface area contributed by atoms with E-state index in [4.69, 9.17) is 5.11 Å². The largest absolute Gasteiger partial charge is 0.480 e. The number of thioether (sulfide) groups is 1. The highest BCUT2D eigenvalue weighted by Gasteiger charge is 2.33. The Balaban J connectivity index is 2.61. The van der Waals surface area contributed by atoms with E-state index < -0.39 is 33.6 Å². The minimum Gasteiger partial charge on any atom is -0.480 e. The molecule has 1 fully saturated rings. The summed E-state index contributed by atoms with van der Waals surface area (Å²) in [6.45, 7) is 3.69. The zero-order valence-corrected chi connectivity index (χ0v) is 13.9. The van der Waals surface area contributed by atoms with Gasteiger partial charge in [-0.05, 0) is 13.8 Å². The third-order valence-electron chi connectivity index (χ3n) is 2.82. The quantitative estimate of drug-likeness (QED) is 0.623. The maximum atomic E-state index is 12.1. The molecule has 1 rings (SSSR count). The monoisotopic (exact) mass is 339 g/mol. The molecule has 0 saturated carbocycles. The molecule has 1 aliphatic rings. The summed E-state index contributed by atoms with van der Waals surface area (Å²) in [6, 6.07) is -1.35. The molecule has 8 nitrogen and oxygen atoms in total. The first-order chi connectivity index (χ1) is 9.52. The summed E-state index contributed by atoms with van der Waals surface area (Å²) in [5.41, 5.74) is -0.855. The lowest BCUT2D eigenvalue weighted by Gasteiger charge is -2.34. The molecule has 1 atom stereocenters. The van der Waals surface area contributed by atoms with Gasteiger partial charge in [0.2, 0.25) is 10.0 Å². The maximum Gasteiger partial charge on any atom is 0.327 e. The Labute approximate surface area is 128 Å². The van der Waals surface area contributed by atoms with Crippen molar-refractivity contribution in [2.75, 3.05) is 30.9 Å². The zero-order valence-electron chi connectivity index (χ0n) is 12.2. The molecule has 1 unspecified atom stereocenters. The van der Waals surface area contributed by atoms with Crippen LogP contribution < -0.4 is 10.0 Å². The van der Waals surface area contributed by atoms with Gasteiger partial charge in [0.1, 0.15) is 6.04 Å². The summed E-state index contributed by atoms with van der Waals surface area (Å²) >= 11 is 1.49. The Morgan fingerprint density at radius 2 is 2.05 bits per heavy atom. The first-order valence-electron chi connectivity index (χ1n) is 6.36. The molecule has 1 saturated heterocycles. The van der Waals surface area contributed by atoms with Gasteiger partial charge in [-0.2, -0.15) is 11.8 Å². The second-order valence-electron chi connectivity index (χ2n) is 5.54. The number of aliphatic carboxylic acids is 1. The van der Waals surface area contributed by atoms with Crippen LogP contribution in [-0.4, -0.2) is 72.9 Å². The summed E-state index contributed by atoms with van der Waals surface area (Å²) in [6.07, 6.45) is 1.04. The number of carboxylic acids is 1. The van der Waals surface area contributed by atoms with Crippen LogP contribution in [0.25, 0.3) is 0 Å². The number of carbonyl (C=O) groups is 2. The van der Waals surface area contributed by atoms with Crippen LogP contribution in [0.4, 0.5) is 4.79 Å². The van der Waals surface area contributed by atoms with E-state index >= 15 is 0 Å². The Morgan fingerprint density at radius 3 is 2.57 bits per heavy atom. The predicted octanol–water partition coefficient (Wildman–Crippen LogP) is -0.474. The van der Waals surface area contributed by atoms with Crippen LogP contribution in [0.15, 0.2) is 0 Å². The fraction of sp³-hybridized carbons (Fsp3) is 0.818. The molecule has 2 amide bonds. The molecule has 0 aromatic carbocycles. The van der Waals surface area contributed by atoms with E-state index in [1.54, 1.807) is 13.8 Å². The van der Waals surface area contributed by atoms with Gasteiger partial charge >= 0.3 is 12.0 Å². The van der Waals surface area contributed by atoms with Gasteiger partial charge in [-0.1, -0.05) is 0 Å². The van der Waals surface area contributed by atoms with Crippen molar-refractivity contribution >= 4 is 33.8 Å². The first-order valence-corrected chi connectivity index (χ1v) is 9.40. The molecular weight excluding hydrogens is 318 g/mol. The minimum absolute atomic E-state index is 0.0644. The number of nitrogens with one attached hydrogen (secondary N) is 2. The third-order valence-corrected chi connectivity index (χ3v) is 4.76. The number of urea groups is 1. The lowest BCUT2D eigenvalue weighted by molar-refractivity contribution is -0.141. The summed E-state index contributed by atoms with van der Waals surface area (Å²) in [7, 11) is -3.39. The number of carbonyl (C=O) groups excluding carboxylic acids is 1. The molecule has 0 spiro atoms. The Kier molecular flexibility index (Phi) is 5.88. The standard InChI is InChI=1S/C11H21N3O5S2/c1-11(2,13-21(3,18)19)7-12-10(17)14-4-5-20-6-8(14)9(15)16/h8,13H,4-7H2,1-3H3,(H,12,17)(H,15,16). The number of nitrogens with zero attached hydrogens (tertiary/aromatic N) is 1. The van der Waals surface area contributed by atoms with Crippen molar-refractivity contribution in [1.82, 2.24) is 14.9 Å². The van der Waals surface area contributed by atoms with Crippen molar-refractivity contribution in [2.24, 2.45) is 0 Å². The van der Waals surface area contributed by atoms with Gasteiger partial charge in [-0.3, -0.25) is 0 Å². The fourth-order valence-corrected chi connectivity index (χ4v) is 4.10. The summed E-state index contributed by atoms with van der Waals surface area (Å²) in [4.78, 5) is 24.5. The lowest BCUT2D eigenvalue weighted by Crippen LogP contribution is -2.57. The van der Waals surface area contributed by atoms with E-state index in [1.165, 1.54) is 16.7 Å². The van der Waals surface area contributed by atoms with E-state index in [1.807, 2.05) is 0 Å². The molecule has 0 aromatic heterocycles. The molecule has 1 aliphatic heterocycles. The van der Waals surface area contributed by atoms with Crippen LogP contribution in [0, 0.1) is 0 Å². The number of rotatable bonds is 5.